The van der Waals surface area contributed by atoms with Crippen molar-refractivity contribution in [2.75, 3.05) is 32.9 Å². The molecule has 2 heterocycles. The largest absolute Gasteiger partial charge is 0.444 e. The number of benzene rings is 1. The number of carbonyl (C=O) groups excluding carboxylic acids is 2. The number of ether oxygens (including phenoxy) is 3. The number of pyridine rings is 1. The molecule has 0 spiro atoms. The predicted octanol–water partition coefficient (Wildman–Crippen LogP) is 2.88. The number of fused-ring (bicyclic) bond motifs is 1. The molecule has 1 N–H and O–H groups in total. The van der Waals surface area contributed by atoms with Crippen molar-refractivity contribution >= 4 is 32.9 Å². The molecule has 1 atom stereocenters. The number of amides is 1. The van der Waals surface area contributed by atoms with Gasteiger partial charge in [0.1, 0.15) is 5.60 Å². The van der Waals surface area contributed by atoms with Crippen molar-refractivity contribution in [3.05, 3.63) is 50.4 Å². The summed E-state index contributed by atoms with van der Waals surface area (Å²) in [6.07, 6.45) is 3.53. The van der Waals surface area contributed by atoms with E-state index < -0.39 is 49.8 Å². The van der Waals surface area contributed by atoms with Gasteiger partial charge in [-0.2, -0.15) is 4.31 Å². The molecule has 1 aliphatic heterocycles. The van der Waals surface area contributed by atoms with E-state index in [1.807, 2.05) is 0 Å². The van der Waals surface area contributed by atoms with Crippen LogP contribution in [0.5, 0.6) is 0 Å². The molecule has 4 aliphatic rings. The van der Waals surface area contributed by atoms with E-state index in [-0.39, 0.29) is 42.1 Å². The van der Waals surface area contributed by atoms with Gasteiger partial charge in [0.25, 0.3) is 10.6 Å². The highest BCUT2D eigenvalue weighted by Gasteiger charge is 2.72. The SMILES string of the molecule is Cc1cn(COC(=O)C23CC(COCCCO[N+](=O)[O-])(C2)C3)c(=O)c2cccc(S(=O)(=O)N3CC[C@H](NC(=O)OC(C)(C)C)C3)c12. The third kappa shape index (κ3) is 6.83. The number of esters is 1. The second-order valence-electron chi connectivity index (χ2n) is 13.6. The fourth-order valence-electron chi connectivity index (χ4n) is 6.85. The molecule has 15 nitrogen and oxygen atoms in total. The standard InChI is InChI=1S/C30H40N4O11S/c1-20-13-32(19-43-26(36)30-15-29(16-30,17-30)18-42-11-6-12-44-34(38)39)25(35)22-7-5-8-23(24(20)22)46(40,41)33-10-9-21(14-33)31-27(37)45-28(2,3)4/h5,7-8,13,21H,6,9-12,14-19H2,1-4H3,(H,31,37)/t21-,29?,30?/m0/s1. The van der Waals surface area contributed by atoms with Gasteiger partial charge in [0, 0.05) is 42.7 Å². The van der Waals surface area contributed by atoms with Crippen LogP contribution < -0.4 is 10.9 Å². The summed E-state index contributed by atoms with van der Waals surface area (Å²) in [6, 6.07) is 4.11. The minimum atomic E-state index is -4.01. The molecule has 0 radical (unpaired) electrons. The lowest BCUT2D eigenvalue weighted by molar-refractivity contribution is -0.757. The zero-order chi connectivity index (χ0) is 33.5. The van der Waals surface area contributed by atoms with Crippen LogP contribution in [0.2, 0.25) is 0 Å². The molecule has 252 valence electrons. The molecule has 46 heavy (non-hydrogen) atoms. The summed E-state index contributed by atoms with van der Waals surface area (Å²) in [5, 5.41) is 12.6. The molecule has 16 heteroatoms. The number of carbonyl (C=O) groups is 2. The molecule has 2 bridgehead atoms. The van der Waals surface area contributed by atoms with Crippen molar-refractivity contribution in [3.8, 4) is 0 Å². The molecular weight excluding hydrogens is 624 g/mol. The topological polar surface area (TPSA) is 186 Å². The van der Waals surface area contributed by atoms with Gasteiger partial charge in [0.2, 0.25) is 10.0 Å². The first-order chi connectivity index (χ1) is 21.5. The molecule has 0 unspecified atom stereocenters. The molecule has 6 rings (SSSR count). The van der Waals surface area contributed by atoms with E-state index in [9.17, 15) is 32.9 Å². The maximum atomic E-state index is 13.8. The number of sulfonamides is 1. The fourth-order valence-corrected chi connectivity index (χ4v) is 8.63. The lowest BCUT2D eigenvalue weighted by Crippen LogP contribution is -2.67. The van der Waals surface area contributed by atoms with Gasteiger partial charge in [-0.05, 0) is 82.9 Å². The molecular formula is C30H40N4O11S. The number of hydrogen-bond donors (Lipinski definition) is 1. The summed E-state index contributed by atoms with van der Waals surface area (Å²) in [7, 11) is -4.01. The minimum Gasteiger partial charge on any atom is -0.444 e. The van der Waals surface area contributed by atoms with Crippen LogP contribution in [-0.4, -0.2) is 79.0 Å². The average Bonchev–Trinajstić information content (AvgIpc) is 3.39. The molecule has 1 saturated heterocycles. The Morgan fingerprint density at radius 1 is 1.17 bits per heavy atom. The van der Waals surface area contributed by atoms with Gasteiger partial charge < -0.3 is 24.4 Å². The third-order valence-electron chi connectivity index (χ3n) is 8.70. The van der Waals surface area contributed by atoms with E-state index in [4.69, 9.17) is 14.2 Å². The first-order valence-electron chi connectivity index (χ1n) is 15.2. The van der Waals surface area contributed by atoms with Gasteiger partial charge in [-0.3, -0.25) is 14.2 Å². The van der Waals surface area contributed by atoms with Crippen molar-refractivity contribution in [1.82, 2.24) is 14.2 Å². The van der Waals surface area contributed by atoms with E-state index in [0.29, 0.717) is 56.3 Å². The van der Waals surface area contributed by atoms with E-state index in [1.54, 1.807) is 33.8 Å². The molecule has 1 aromatic carbocycles. The number of alkyl carbamates (subject to hydrolysis) is 1. The summed E-state index contributed by atoms with van der Waals surface area (Å²) < 4.78 is 46.5. The molecule has 1 amide bonds. The lowest BCUT2D eigenvalue weighted by atomic mass is 9.35. The number of nitrogens with zero attached hydrogens (tertiary/aromatic N) is 3. The molecule has 3 saturated carbocycles. The highest BCUT2D eigenvalue weighted by atomic mass is 32.2. The van der Waals surface area contributed by atoms with E-state index >= 15 is 0 Å². The van der Waals surface area contributed by atoms with Crippen LogP contribution in [-0.2, 0) is 40.6 Å². The molecule has 3 aliphatic carbocycles. The first kappa shape index (κ1) is 33.6. The van der Waals surface area contributed by atoms with E-state index in [2.05, 4.69) is 10.2 Å². The van der Waals surface area contributed by atoms with Crippen molar-refractivity contribution in [3.63, 3.8) is 0 Å². The van der Waals surface area contributed by atoms with Gasteiger partial charge in [0.15, 0.2) is 6.73 Å². The lowest BCUT2D eigenvalue weighted by Gasteiger charge is -2.68. The second kappa shape index (κ2) is 12.4. The maximum absolute atomic E-state index is 13.8. The summed E-state index contributed by atoms with van der Waals surface area (Å²) in [5.74, 6) is -0.390. The van der Waals surface area contributed by atoms with Crippen molar-refractivity contribution in [2.45, 2.75) is 83.1 Å². The number of aryl methyl sites for hydroxylation is 1. The van der Waals surface area contributed by atoms with Crippen molar-refractivity contribution in [1.29, 1.82) is 0 Å². The average molecular weight is 665 g/mol. The Kier molecular flexibility index (Phi) is 9.09. The van der Waals surface area contributed by atoms with Crippen LogP contribution in [0.1, 0.15) is 58.4 Å². The monoisotopic (exact) mass is 664 g/mol. The van der Waals surface area contributed by atoms with Crippen LogP contribution in [0.3, 0.4) is 0 Å². The maximum Gasteiger partial charge on any atom is 0.407 e. The normalized spacial score (nSPS) is 24.1. The van der Waals surface area contributed by atoms with Crippen LogP contribution in [0.25, 0.3) is 10.8 Å². The number of hydrogen-bond acceptors (Lipinski definition) is 11. The van der Waals surface area contributed by atoms with Gasteiger partial charge >= 0.3 is 12.1 Å². The Morgan fingerprint density at radius 3 is 2.57 bits per heavy atom. The number of aromatic nitrogens is 1. The van der Waals surface area contributed by atoms with Crippen LogP contribution in [0.4, 0.5) is 4.79 Å². The minimum absolute atomic E-state index is 0.00615. The number of nitrogens with one attached hydrogen (secondary N) is 1. The molecule has 1 aromatic heterocycles. The summed E-state index contributed by atoms with van der Waals surface area (Å²) in [5.41, 5.74) is -1.33. The van der Waals surface area contributed by atoms with Gasteiger partial charge in [0.05, 0.1) is 23.5 Å². The molecule has 4 fully saturated rings. The summed E-state index contributed by atoms with van der Waals surface area (Å²) >= 11 is 0. The second-order valence-corrected chi connectivity index (χ2v) is 15.5. The quantitative estimate of drug-likeness (QED) is 0.144. The molecule has 2 aromatic rings. The Hall–Kier alpha value is -3.76. The zero-order valence-corrected chi connectivity index (χ0v) is 27.2. The van der Waals surface area contributed by atoms with Gasteiger partial charge in [-0.15, -0.1) is 10.1 Å². The Labute approximate surface area is 266 Å². The van der Waals surface area contributed by atoms with Crippen LogP contribution in [0, 0.1) is 27.9 Å². The van der Waals surface area contributed by atoms with Crippen LogP contribution >= 0.6 is 0 Å². The van der Waals surface area contributed by atoms with Gasteiger partial charge in [-0.25, -0.2) is 13.2 Å². The Morgan fingerprint density at radius 2 is 1.89 bits per heavy atom. The summed E-state index contributed by atoms with van der Waals surface area (Å²) in [4.78, 5) is 53.0. The Balaban J connectivity index is 1.19. The highest BCUT2D eigenvalue weighted by molar-refractivity contribution is 7.89. The summed E-state index contributed by atoms with van der Waals surface area (Å²) in [6.45, 7) is 7.63. The first-order valence-corrected chi connectivity index (χ1v) is 16.6. The smallest absolute Gasteiger partial charge is 0.407 e. The van der Waals surface area contributed by atoms with E-state index in [1.165, 1.54) is 27.2 Å². The Bertz CT molecular complexity index is 1680. The number of rotatable bonds is 13. The third-order valence-corrected chi connectivity index (χ3v) is 10.6. The van der Waals surface area contributed by atoms with Crippen molar-refractivity contribution in [2.24, 2.45) is 10.8 Å². The van der Waals surface area contributed by atoms with Crippen LogP contribution in [0.15, 0.2) is 34.1 Å². The van der Waals surface area contributed by atoms with E-state index in [0.717, 1.165) is 0 Å². The predicted molar refractivity (Wildman–Crippen MR) is 163 cm³/mol. The fraction of sp³-hybridized carbons (Fsp3) is 0.633. The van der Waals surface area contributed by atoms with Crippen molar-refractivity contribution < 1.29 is 42.1 Å². The van der Waals surface area contributed by atoms with Gasteiger partial charge in [-0.1, -0.05) is 6.07 Å². The highest BCUT2D eigenvalue weighted by Crippen LogP contribution is 2.73. The zero-order valence-electron chi connectivity index (χ0n) is 26.4.